The number of nitrogens with one attached hydrogen (secondary N) is 1. The van der Waals surface area contributed by atoms with Crippen LogP contribution in [0.3, 0.4) is 0 Å². The summed E-state index contributed by atoms with van der Waals surface area (Å²) in [5.74, 6) is 1.28. The smallest absolute Gasteiger partial charge is 0.121 e. The van der Waals surface area contributed by atoms with Gasteiger partial charge in [0, 0.05) is 17.1 Å². The molecule has 3 heteroatoms. The van der Waals surface area contributed by atoms with Crippen LogP contribution in [-0.4, -0.2) is 11.7 Å². The summed E-state index contributed by atoms with van der Waals surface area (Å²) in [5.41, 5.74) is 0.801. The molecule has 0 unspecified atom stereocenters. The van der Waals surface area contributed by atoms with Crippen molar-refractivity contribution in [2.45, 2.75) is 32.2 Å². The topological polar surface area (TPSA) is 32.3 Å². The van der Waals surface area contributed by atoms with E-state index >= 15 is 0 Å². The molecule has 1 aliphatic rings. The normalized spacial score (nSPS) is 15.3. The average Bonchev–Trinajstić information content (AvgIpc) is 3.05. The molecule has 0 atom stereocenters. The molecule has 0 aliphatic heterocycles. The predicted octanol–water partition coefficient (Wildman–Crippen LogP) is 3.33. The minimum Gasteiger partial charge on any atom is -0.508 e. The maximum absolute atomic E-state index is 9.62. The number of phenolic OH excluding ortho intramolecular Hbond substituents is 1. The first-order valence-electron chi connectivity index (χ1n) is 5.94. The van der Waals surface area contributed by atoms with E-state index in [1.165, 1.54) is 25.7 Å². The van der Waals surface area contributed by atoms with Gasteiger partial charge in [0.25, 0.3) is 0 Å². The minimum absolute atomic E-state index is 0.280. The Hall–Kier alpha value is -0.730. The van der Waals surface area contributed by atoms with Crippen LogP contribution >= 0.6 is 11.6 Å². The summed E-state index contributed by atoms with van der Waals surface area (Å²) in [4.78, 5) is 0. The molecule has 0 amide bonds. The number of halogens is 1. The second kappa shape index (κ2) is 5.55. The molecule has 2 nitrogen and oxygen atoms in total. The molecule has 0 spiro atoms. The van der Waals surface area contributed by atoms with Gasteiger partial charge in [0.1, 0.15) is 5.75 Å². The molecular formula is C13H18ClNO. The Bertz CT molecular complexity index is 330. The van der Waals surface area contributed by atoms with Crippen molar-refractivity contribution in [3.63, 3.8) is 0 Å². The van der Waals surface area contributed by atoms with Gasteiger partial charge in [0.2, 0.25) is 0 Å². The summed E-state index contributed by atoms with van der Waals surface area (Å²) >= 11 is 6.00. The lowest BCUT2D eigenvalue weighted by atomic mass is 10.2. The molecule has 0 saturated heterocycles. The Morgan fingerprint density at radius 3 is 2.88 bits per heavy atom. The van der Waals surface area contributed by atoms with Crippen LogP contribution in [0.15, 0.2) is 18.2 Å². The lowest BCUT2D eigenvalue weighted by Gasteiger charge is -2.08. The van der Waals surface area contributed by atoms with E-state index in [2.05, 4.69) is 5.32 Å². The van der Waals surface area contributed by atoms with E-state index in [-0.39, 0.29) is 5.75 Å². The SMILES string of the molecule is Oc1cccc(Cl)c1CNCCCC1CC1. The average molecular weight is 240 g/mol. The van der Waals surface area contributed by atoms with Crippen LogP contribution in [0, 0.1) is 5.92 Å². The van der Waals surface area contributed by atoms with Crippen LogP contribution in [0.2, 0.25) is 5.02 Å². The van der Waals surface area contributed by atoms with Crippen molar-refractivity contribution in [2.75, 3.05) is 6.54 Å². The molecule has 0 aromatic heterocycles. The Morgan fingerprint density at radius 1 is 1.38 bits per heavy atom. The zero-order chi connectivity index (χ0) is 11.4. The first kappa shape index (κ1) is 11.7. The standard InChI is InChI=1S/C13H18ClNO/c14-12-4-1-5-13(16)11(12)9-15-8-2-3-10-6-7-10/h1,4-5,10,15-16H,2-3,6-9H2. The number of hydrogen-bond acceptors (Lipinski definition) is 2. The van der Waals surface area contributed by atoms with Gasteiger partial charge >= 0.3 is 0 Å². The third kappa shape index (κ3) is 3.39. The Morgan fingerprint density at radius 2 is 2.19 bits per heavy atom. The third-order valence-electron chi connectivity index (χ3n) is 3.06. The van der Waals surface area contributed by atoms with Gasteiger partial charge in [0.15, 0.2) is 0 Å². The van der Waals surface area contributed by atoms with Gasteiger partial charge in [-0.2, -0.15) is 0 Å². The Balaban J connectivity index is 1.71. The molecule has 1 aliphatic carbocycles. The lowest BCUT2D eigenvalue weighted by Crippen LogP contribution is -2.15. The van der Waals surface area contributed by atoms with E-state index in [1.54, 1.807) is 12.1 Å². The summed E-state index contributed by atoms with van der Waals surface area (Å²) in [6, 6.07) is 5.24. The van der Waals surface area contributed by atoms with E-state index in [9.17, 15) is 5.11 Å². The molecule has 16 heavy (non-hydrogen) atoms. The number of rotatable bonds is 6. The highest BCUT2D eigenvalue weighted by Crippen LogP contribution is 2.33. The first-order valence-corrected chi connectivity index (χ1v) is 6.32. The summed E-state index contributed by atoms with van der Waals surface area (Å²) in [6.45, 7) is 1.65. The highest BCUT2D eigenvalue weighted by molar-refractivity contribution is 6.31. The van der Waals surface area contributed by atoms with Crippen molar-refractivity contribution in [3.05, 3.63) is 28.8 Å². The molecule has 0 bridgehead atoms. The van der Waals surface area contributed by atoms with E-state index in [0.717, 1.165) is 18.0 Å². The van der Waals surface area contributed by atoms with Gasteiger partial charge in [-0.15, -0.1) is 0 Å². The number of hydrogen-bond donors (Lipinski definition) is 2. The molecule has 1 aromatic carbocycles. The largest absolute Gasteiger partial charge is 0.508 e. The monoisotopic (exact) mass is 239 g/mol. The molecule has 0 radical (unpaired) electrons. The zero-order valence-corrected chi connectivity index (χ0v) is 10.1. The maximum atomic E-state index is 9.62. The summed E-state index contributed by atoms with van der Waals surface area (Å²) in [5, 5.41) is 13.6. The molecule has 2 N–H and O–H groups in total. The van der Waals surface area contributed by atoms with E-state index < -0.39 is 0 Å². The van der Waals surface area contributed by atoms with Crippen LogP contribution in [-0.2, 0) is 6.54 Å². The molecule has 2 rings (SSSR count). The fraction of sp³-hybridized carbons (Fsp3) is 0.538. The summed E-state index contributed by atoms with van der Waals surface area (Å²) < 4.78 is 0. The second-order valence-electron chi connectivity index (χ2n) is 4.50. The van der Waals surface area contributed by atoms with Crippen molar-refractivity contribution in [2.24, 2.45) is 5.92 Å². The lowest BCUT2D eigenvalue weighted by molar-refractivity contribution is 0.463. The van der Waals surface area contributed by atoms with Crippen LogP contribution in [0.5, 0.6) is 5.75 Å². The maximum Gasteiger partial charge on any atom is 0.121 e. The molecule has 88 valence electrons. The second-order valence-corrected chi connectivity index (χ2v) is 4.91. The fourth-order valence-corrected chi connectivity index (χ4v) is 2.09. The number of phenols is 1. The van der Waals surface area contributed by atoms with Crippen molar-refractivity contribution in [3.8, 4) is 5.75 Å². The predicted molar refractivity (Wildman–Crippen MR) is 66.8 cm³/mol. The van der Waals surface area contributed by atoms with Gasteiger partial charge in [-0.1, -0.05) is 30.5 Å². The van der Waals surface area contributed by atoms with Crippen molar-refractivity contribution in [1.29, 1.82) is 0 Å². The fourth-order valence-electron chi connectivity index (χ4n) is 1.86. The van der Waals surface area contributed by atoms with Crippen LogP contribution in [0.4, 0.5) is 0 Å². The molecule has 1 aromatic rings. The highest BCUT2D eigenvalue weighted by Gasteiger charge is 2.19. The Kier molecular flexibility index (Phi) is 4.08. The minimum atomic E-state index is 0.280. The van der Waals surface area contributed by atoms with E-state index in [4.69, 9.17) is 11.6 Å². The van der Waals surface area contributed by atoms with Crippen molar-refractivity contribution < 1.29 is 5.11 Å². The third-order valence-corrected chi connectivity index (χ3v) is 3.41. The van der Waals surface area contributed by atoms with Gasteiger partial charge in [-0.25, -0.2) is 0 Å². The Labute approximate surface area is 102 Å². The zero-order valence-electron chi connectivity index (χ0n) is 9.38. The van der Waals surface area contributed by atoms with Crippen LogP contribution < -0.4 is 5.32 Å². The molecule has 0 heterocycles. The summed E-state index contributed by atoms with van der Waals surface area (Å²) in [7, 11) is 0. The number of benzene rings is 1. The van der Waals surface area contributed by atoms with E-state index in [1.807, 2.05) is 6.07 Å². The van der Waals surface area contributed by atoms with Gasteiger partial charge < -0.3 is 10.4 Å². The van der Waals surface area contributed by atoms with Crippen LogP contribution in [0.1, 0.15) is 31.2 Å². The van der Waals surface area contributed by atoms with Crippen LogP contribution in [0.25, 0.3) is 0 Å². The van der Waals surface area contributed by atoms with Gasteiger partial charge in [-0.3, -0.25) is 0 Å². The molecule has 1 fully saturated rings. The van der Waals surface area contributed by atoms with Gasteiger partial charge in [-0.05, 0) is 37.4 Å². The first-order chi connectivity index (χ1) is 7.77. The molecular weight excluding hydrogens is 222 g/mol. The number of aromatic hydroxyl groups is 1. The summed E-state index contributed by atoms with van der Waals surface area (Å²) in [6.07, 6.45) is 5.40. The van der Waals surface area contributed by atoms with E-state index in [0.29, 0.717) is 11.6 Å². The quantitative estimate of drug-likeness (QED) is 0.747. The highest BCUT2D eigenvalue weighted by atomic mass is 35.5. The van der Waals surface area contributed by atoms with Gasteiger partial charge in [0.05, 0.1) is 0 Å². The van der Waals surface area contributed by atoms with Crippen molar-refractivity contribution in [1.82, 2.24) is 5.32 Å². The molecule has 1 saturated carbocycles. The van der Waals surface area contributed by atoms with Crippen molar-refractivity contribution >= 4 is 11.6 Å².